The molecule has 6 heteroatoms. The van der Waals surface area contributed by atoms with Crippen LogP contribution in [0.3, 0.4) is 0 Å². The number of aliphatic hydroxyl groups excluding tert-OH is 1. The molecule has 1 saturated carbocycles. The molecule has 1 unspecified atom stereocenters. The fourth-order valence-electron chi connectivity index (χ4n) is 3.24. The number of carboxylic acid groups (broad SMARTS) is 1. The van der Waals surface area contributed by atoms with Crippen molar-refractivity contribution in [3.8, 4) is 0 Å². The van der Waals surface area contributed by atoms with E-state index in [1.165, 1.54) is 0 Å². The molecule has 2 N–H and O–H groups in total. The van der Waals surface area contributed by atoms with Crippen molar-refractivity contribution in [2.24, 2.45) is 5.41 Å². The molecule has 1 fully saturated rings. The van der Waals surface area contributed by atoms with Gasteiger partial charge in [0.1, 0.15) is 12.6 Å². The Morgan fingerprint density at radius 3 is 1.74 bits per heavy atom. The second-order valence-electron chi connectivity index (χ2n) is 7.57. The SMILES string of the molecule is C[N+](C)(C)CC(O)C1(C(=O)O)C(=O)CCCCCCCCC1=O. The molecule has 0 aromatic carbocycles. The largest absolute Gasteiger partial charge is 0.480 e. The van der Waals surface area contributed by atoms with Crippen molar-refractivity contribution in [1.29, 1.82) is 0 Å². The van der Waals surface area contributed by atoms with Crippen LogP contribution in [0.5, 0.6) is 0 Å². The van der Waals surface area contributed by atoms with Gasteiger partial charge in [-0.3, -0.25) is 14.4 Å². The fourth-order valence-corrected chi connectivity index (χ4v) is 3.24. The minimum absolute atomic E-state index is 0.0315. The standard InChI is InChI=1S/C17H29NO5/c1-18(2,3)12-15(21)17(16(22)23)13(19)10-8-6-4-5-7-9-11-14(17)20/h15,21H,4-12H2,1-3H3/p+1. The van der Waals surface area contributed by atoms with E-state index in [4.69, 9.17) is 0 Å². The summed E-state index contributed by atoms with van der Waals surface area (Å²) >= 11 is 0. The summed E-state index contributed by atoms with van der Waals surface area (Å²) in [6, 6.07) is 0. The van der Waals surface area contributed by atoms with E-state index in [1.54, 1.807) is 21.1 Å². The minimum Gasteiger partial charge on any atom is -0.480 e. The average molecular weight is 328 g/mol. The molecule has 6 nitrogen and oxygen atoms in total. The maximum Gasteiger partial charge on any atom is 0.327 e. The third-order valence-corrected chi connectivity index (χ3v) is 4.50. The second kappa shape index (κ2) is 8.02. The van der Waals surface area contributed by atoms with E-state index in [2.05, 4.69) is 0 Å². The molecule has 1 aliphatic carbocycles. The van der Waals surface area contributed by atoms with Gasteiger partial charge in [-0.1, -0.05) is 25.7 Å². The second-order valence-corrected chi connectivity index (χ2v) is 7.57. The Hall–Kier alpha value is -1.27. The number of aliphatic carboxylic acids is 1. The lowest BCUT2D eigenvalue weighted by Gasteiger charge is -2.35. The lowest BCUT2D eigenvalue weighted by molar-refractivity contribution is -0.874. The van der Waals surface area contributed by atoms with Gasteiger partial charge in [-0.2, -0.15) is 0 Å². The molecule has 1 rings (SSSR count). The summed E-state index contributed by atoms with van der Waals surface area (Å²) in [6.45, 7) is 0.0315. The van der Waals surface area contributed by atoms with E-state index < -0.39 is 29.1 Å². The topological polar surface area (TPSA) is 91.7 Å². The van der Waals surface area contributed by atoms with Gasteiger partial charge in [-0.15, -0.1) is 0 Å². The van der Waals surface area contributed by atoms with Gasteiger partial charge in [0.25, 0.3) is 0 Å². The van der Waals surface area contributed by atoms with Crippen LogP contribution in [0.2, 0.25) is 0 Å². The van der Waals surface area contributed by atoms with Gasteiger partial charge in [0, 0.05) is 12.8 Å². The van der Waals surface area contributed by atoms with Crippen LogP contribution in [0.1, 0.15) is 51.4 Å². The summed E-state index contributed by atoms with van der Waals surface area (Å²) in [7, 11) is 5.37. The molecule has 23 heavy (non-hydrogen) atoms. The molecule has 0 saturated heterocycles. The number of carbonyl (C=O) groups excluding carboxylic acids is 2. The number of aliphatic hydroxyl groups is 1. The summed E-state index contributed by atoms with van der Waals surface area (Å²) in [4.78, 5) is 37.3. The molecular weight excluding hydrogens is 298 g/mol. The molecule has 1 aliphatic rings. The zero-order chi connectivity index (χ0) is 17.7. The molecule has 0 radical (unpaired) electrons. The van der Waals surface area contributed by atoms with E-state index >= 15 is 0 Å². The minimum atomic E-state index is -2.31. The quantitative estimate of drug-likeness (QED) is 0.601. The molecule has 0 amide bonds. The van der Waals surface area contributed by atoms with Gasteiger partial charge in [-0.25, -0.2) is 0 Å². The number of ketones is 2. The number of carboxylic acids is 1. The van der Waals surface area contributed by atoms with Crippen LogP contribution in [0.25, 0.3) is 0 Å². The summed E-state index contributed by atoms with van der Waals surface area (Å²) in [5, 5.41) is 20.3. The lowest BCUT2D eigenvalue weighted by Crippen LogP contribution is -2.59. The zero-order valence-corrected chi connectivity index (χ0v) is 14.5. The maximum atomic E-state index is 12.7. The van der Waals surface area contributed by atoms with Crippen LogP contribution in [-0.2, 0) is 14.4 Å². The summed E-state index contributed by atoms with van der Waals surface area (Å²) in [6.07, 6.45) is 3.36. The van der Waals surface area contributed by atoms with Crippen molar-refractivity contribution in [3.05, 3.63) is 0 Å². The van der Waals surface area contributed by atoms with E-state index in [0.29, 0.717) is 12.8 Å². The first-order valence-corrected chi connectivity index (χ1v) is 8.41. The van der Waals surface area contributed by atoms with Gasteiger partial charge in [0.2, 0.25) is 5.41 Å². The van der Waals surface area contributed by atoms with Gasteiger partial charge < -0.3 is 14.7 Å². The molecule has 0 aromatic rings. The highest BCUT2D eigenvalue weighted by molar-refractivity contribution is 6.22. The summed E-state index contributed by atoms with van der Waals surface area (Å²) < 4.78 is 0.275. The lowest BCUT2D eigenvalue weighted by atomic mass is 9.71. The summed E-state index contributed by atoms with van der Waals surface area (Å²) in [5.74, 6) is -2.79. The van der Waals surface area contributed by atoms with Crippen molar-refractivity contribution < 1.29 is 29.1 Å². The third kappa shape index (κ3) is 4.85. The zero-order valence-electron chi connectivity index (χ0n) is 14.5. The average Bonchev–Trinajstić information content (AvgIpc) is 2.42. The Morgan fingerprint density at radius 1 is 1.00 bits per heavy atom. The molecule has 0 bridgehead atoms. The maximum absolute atomic E-state index is 12.7. The number of hydrogen-bond donors (Lipinski definition) is 2. The van der Waals surface area contributed by atoms with Crippen molar-refractivity contribution in [2.75, 3.05) is 27.7 Å². The molecule has 0 aromatic heterocycles. The highest BCUT2D eigenvalue weighted by Gasteiger charge is 2.58. The predicted octanol–water partition coefficient (Wildman–Crippen LogP) is 1.40. The number of quaternary nitrogens is 1. The molecule has 0 aliphatic heterocycles. The Kier molecular flexibility index (Phi) is 6.89. The van der Waals surface area contributed by atoms with Gasteiger partial charge in [0.15, 0.2) is 11.6 Å². The number of nitrogens with zero attached hydrogens (tertiary/aromatic N) is 1. The third-order valence-electron chi connectivity index (χ3n) is 4.50. The van der Waals surface area contributed by atoms with Crippen LogP contribution in [0.4, 0.5) is 0 Å². The van der Waals surface area contributed by atoms with Crippen LogP contribution < -0.4 is 0 Å². The number of carbonyl (C=O) groups is 3. The molecule has 0 spiro atoms. The van der Waals surface area contributed by atoms with E-state index in [0.717, 1.165) is 25.7 Å². The van der Waals surface area contributed by atoms with Crippen molar-refractivity contribution >= 4 is 17.5 Å². The van der Waals surface area contributed by atoms with E-state index in [1.807, 2.05) is 0 Å². The van der Waals surface area contributed by atoms with E-state index in [-0.39, 0.29) is 23.9 Å². The first kappa shape index (κ1) is 19.8. The Bertz CT molecular complexity index is 430. The van der Waals surface area contributed by atoms with Crippen LogP contribution in [-0.4, -0.2) is 66.0 Å². The fraction of sp³-hybridized carbons (Fsp3) is 0.824. The van der Waals surface area contributed by atoms with Gasteiger partial charge in [0.05, 0.1) is 21.1 Å². The number of rotatable bonds is 4. The van der Waals surface area contributed by atoms with Crippen LogP contribution in [0, 0.1) is 5.41 Å². The first-order valence-electron chi connectivity index (χ1n) is 8.41. The normalized spacial score (nSPS) is 22.3. The Balaban J connectivity index is 3.23. The molecular formula is C17H30NO5+. The monoisotopic (exact) mass is 328 g/mol. The first-order chi connectivity index (χ1) is 10.6. The van der Waals surface area contributed by atoms with Crippen molar-refractivity contribution in [1.82, 2.24) is 0 Å². The number of hydrogen-bond acceptors (Lipinski definition) is 4. The number of likely N-dealkylation sites (N-methyl/N-ethyl adjacent to an activating group) is 1. The highest BCUT2D eigenvalue weighted by Crippen LogP contribution is 2.32. The van der Waals surface area contributed by atoms with Crippen LogP contribution in [0.15, 0.2) is 0 Å². The van der Waals surface area contributed by atoms with E-state index in [9.17, 15) is 24.6 Å². The van der Waals surface area contributed by atoms with Crippen molar-refractivity contribution in [2.45, 2.75) is 57.5 Å². The van der Waals surface area contributed by atoms with Crippen LogP contribution >= 0.6 is 0 Å². The van der Waals surface area contributed by atoms with Crippen molar-refractivity contribution in [3.63, 3.8) is 0 Å². The molecule has 1 atom stereocenters. The Labute approximate surface area is 138 Å². The highest BCUT2D eigenvalue weighted by atomic mass is 16.4. The molecule has 132 valence electrons. The number of Topliss-reactive ketones (excluding diaryl/α,β-unsaturated/α-hetero) is 2. The van der Waals surface area contributed by atoms with Gasteiger partial charge >= 0.3 is 5.97 Å². The summed E-state index contributed by atoms with van der Waals surface area (Å²) in [5.41, 5.74) is -2.31. The van der Waals surface area contributed by atoms with Gasteiger partial charge in [-0.05, 0) is 12.8 Å². The predicted molar refractivity (Wildman–Crippen MR) is 85.9 cm³/mol. The smallest absolute Gasteiger partial charge is 0.327 e. The molecule has 0 heterocycles. The Morgan fingerprint density at radius 2 is 1.39 bits per heavy atom.